The SMILES string of the molecule is CCCCCCCCCCCCCC(=O)O[C@H](CN1C[C@H]2CCCC[C@H]2C[C@H]1C(=O)NC(C)(C)C)[C@H](Cc1ccccc1)NC(=O)[C@H](CC(N)=O)NC(=O)c1ccc2ccccc2n1. The van der Waals surface area contributed by atoms with Crippen LogP contribution in [0, 0.1) is 11.8 Å². The number of para-hydroxylation sites is 1. The van der Waals surface area contributed by atoms with Gasteiger partial charge in [-0.3, -0.25) is 28.9 Å². The Morgan fingerprint density at radius 1 is 0.797 bits per heavy atom. The zero-order chi connectivity index (χ0) is 45.9. The summed E-state index contributed by atoms with van der Waals surface area (Å²) < 4.78 is 6.48. The van der Waals surface area contributed by atoms with E-state index in [1.165, 1.54) is 44.9 Å². The van der Waals surface area contributed by atoms with Crippen LogP contribution in [0.4, 0.5) is 0 Å². The lowest BCUT2D eigenvalue weighted by Crippen LogP contribution is -2.61. The number of esters is 1. The number of pyridine rings is 1. The first kappa shape index (κ1) is 50.2. The number of nitrogens with zero attached hydrogens (tertiary/aromatic N) is 2. The Bertz CT molecular complexity index is 1950. The minimum Gasteiger partial charge on any atom is -0.459 e. The molecular weight excluding hydrogens is 805 g/mol. The second-order valence-corrected chi connectivity index (χ2v) is 19.5. The first-order valence-electron chi connectivity index (χ1n) is 24.3. The van der Waals surface area contributed by atoms with E-state index in [-0.39, 0.29) is 37.0 Å². The summed E-state index contributed by atoms with van der Waals surface area (Å²) in [4.78, 5) is 75.3. The highest BCUT2D eigenvalue weighted by atomic mass is 16.5. The van der Waals surface area contributed by atoms with Crippen molar-refractivity contribution in [2.45, 2.75) is 179 Å². The van der Waals surface area contributed by atoms with Crippen LogP contribution in [-0.4, -0.2) is 82.3 Å². The molecule has 3 aromatic rings. The number of piperidine rings is 1. The van der Waals surface area contributed by atoms with Gasteiger partial charge in [0.2, 0.25) is 17.7 Å². The molecule has 5 N–H and O–H groups in total. The fraction of sp³-hybridized carbons (Fsp3) is 0.615. The zero-order valence-corrected chi connectivity index (χ0v) is 39.1. The third kappa shape index (κ3) is 16.6. The predicted molar refractivity (Wildman–Crippen MR) is 253 cm³/mol. The van der Waals surface area contributed by atoms with E-state index < -0.39 is 53.9 Å². The van der Waals surface area contributed by atoms with E-state index >= 15 is 0 Å². The van der Waals surface area contributed by atoms with Crippen molar-refractivity contribution in [3.63, 3.8) is 0 Å². The summed E-state index contributed by atoms with van der Waals surface area (Å²) in [5.41, 5.74) is 6.82. The number of carbonyl (C=O) groups excluding carboxylic acids is 5. The van der Waals surface area contributed by atoms with E-state index in [0.717, 1.165) is 55.9 Å². The molecule has 0 spiro atoms. The van der Waals surface area contributed by atoms with Gasteiger partial charge in [0.05, 0.1) is 24.0 Å². The van der Waals surface area contributed by atoms with Gasteiger partial charge < -0.3 is 26.4 Å². The van der Waals surface area contributed by atoms with Crippen molar-refractivity contribution >= 4 is 40.5 Å². The summed E-state index contributed by atoms with van der Waals surface area (Å²) in [6.07, 6.45) is 17.1. The summed E-state index contributed by atoms with van der Waals surface area (Å²) in [7, 11) is 0. The Labute approximate surface area is 382 Å². The lowest BCUT2D eigenvalue weighted by atomic mass is 9.72. The molecule has 1 aromatic heterocycles. The number of aromatic nitrogens is 1. The number of nitrogens with one attached hydrogen (secondary N) is 3. The maximum absolute atomic E-state index is 14.5. The molecule has 0 bridgehead atoms. The zero-order valence-electron chi connectivity index (χ0n) is 39.1. The van der Waals surface area contributed by atoms with E-state index in [1.54, 1.807) is 18.2 Å². The molecule has 0 unspecified atom stereocenters. The van der Waals surface area contributed by atoms with Crippen molar-refractivity contribution < 1.29 is 28.7 Å². The molecule has 4 amide bonds. The summed E-state index contributed by atoms with van der Waals surface area (Å²) >= 11 is 0. The van der Waals surface area contributed by atoms with Crippen molar-refractivity contribution in [1.29, 1.82) is 0 Å². The molecule has 1 saturated heterocycles. The van der Waals surface area contributed by atoms with E-state index in [9.17, 15) is 24.0 Å². The van der Waals surface area contributed by atoms with Gasteiger partial charge in [-0.1, -0.05) is 145 Å². The Balaban J connectivity index is 1.38. The van der Waals surface area contributed by atoms with E-state index in [4.69, 9.17) is 10.5 Å². The number of unbranched alkanes of at least 4 members (excludes halogenated alkanes) is 10. The van der Waals surface area contributed by atoms with Crippen LogP contribution < -0.4 is 21.7 Å². The quantitative estimate of drug-likeness (QED) is 0.0486. The first-order chi connectivity index (χ1) is 30.8. The Kier molecular flexibility index (Phi) is 20.1. The molecule has 1 aliphatic heterocycles. The number of rotatable bonds is 25. The first-order valence-corrected chi connectivity index (χ1v) is 24.3. The fourth-order valence-corrected chi connectivity index (χ4v) is 9.53. The molecule has 2 aliphatic rings. The number of hydrogen-bond acceptors (Lipinski definition) is 8. The average molecular weight is 881 g/mol. The topological polar surface area (TPSA) is 173 Å². The van der Waals surface area contributed by atoms with Crippen LogP contribution in [0.5, 0.6) is 0 Å². The smallest absolute Gasteiger partial charge is 0.306 e. The molecule has 2 aromatic carbocycles. The van der Waals surface area contributed by atoms with Gasteiger partial charge in [0, 0.05) is 30.4 Å². The van der Waals surface area contributed by atoms with Crippen molar-refractivity contribution in [3.05, 3.63) is 78.0 Å². The number of ether oxygens (including phenoxy) is 1. The van der Waals surface area contributed by atoms with Crippen molar-refractivity contribution in [2.75, 3.05) is 13.1 Å². The fourth-order valence-electron chi connectivity index (χ4n) is 9.53. The maximum atomic E-state index is 14.5. The molecule has 6 atom stereocenters. The van der Waals surface area contributed by atoms with Gasteiger partial charge in [-0.05, 0) is 76.0 Å². The van der Waals surface area contributed by atoms with Gasteiger partial charge in [0.25, 0.3) is 5.91 Å². The Morgan fingerprint density at radius 3 is 2.11 bits per heavy atom. The minimum atomic E-state index is -1.34. The van der Waals surface area contributed by atoms with Crippen molar-refractivity contribution in [2.24, 2.45) is 17.6 Å². The highest BCUT2D eigenvalue weighted by Gasteiger charge is 2.43. The molecule has 12 nitrogen and oxygen atoms in total. The van der Waals surface area contributed by atoms with E-state index in [0.29, 0.717) is 36.7 Å². The molecule has 1 aliphatic carbocycles. The largest absolute Gasteiger partial charge is 0.459 e. The average Bonchev–Trinajstić information content (AvgIpc) is 3.26. The molecule has 1 saturated carbocycles. The second-order valence-electron chi connectivity index (χ2n) is 19.5. The predicted octanol–water partition coefficient (Wildman–Crippen LogP) is 8.34. The lowest BCUT2D eigenvalue weighted by Gasteiger charge is -2.47. The van der Waals surface area contributed by atoms with Crippen LogP contribution in [0.3, 0.4) is 0 Å². The molecule has 350 valence electrons. The third-order valence-corrected chi connectivity index (χ3v) is 12.9. The molecule has 64 heavy (non-hydrogen) atoms. The van der Waals surface area contributed by atoms with Gasteiger partial charge in [-0.25, -0.2) is 4.98 Å². The number of primary amides is 1. The summed E-state index contributed by atoms with van der Waals surface area (Å²) in [5, 5.41) is 9.90. The number of amides is 4. The summed E-state index contributed by atoms with van der Waals surface area (Å²) in [6, 6.07) is 17.8. The number of nitrogens with two attached hydrogens (primary N) is 1. The van der Waals surface area contributed by atoms with Gasteiger partial charge in [-0.15, -0.1) is 0 Å². The number of hydrogen-bond donors (Lipinski definition) is 4. The monoisotopic (exact) mass is 881 g/mol. The van der Waals surface area contributed by atoms with Crippen LogP contribution >= 0.6 is 0 Å². The van der Waals surface area contributed by atoms with Gasteiger partial charge in [0.15, 0.2) is 0 Å². The number of likely N-dealkylation sites (tertiary alicyclic amines) is 1. The van der Waals surface area contributed by atoms with Gasteiger partial charge in [-0.2, -0.15) is 0 Å². The van der Waals surface area contributed by atoms with Gasteiger partial charge in [0.1, 0.15) is 17.8 Å². The third-order valence-electron chi connectivity index (χ3n) is 12.9. The molecular formula is C52H76N6O6. The molecule has 0 radical (unpaired) electrons. The second kappa shape index (κ2) is 25.6. The molecule has 2 heterocycles. The molecule has 5 rings (SSSR count). The summed E-state index contributed by atoms with van der Waals surface area (Å²) in [5.74, 6) is -1.64. The Morgan fingerprint density at radius 2 is 1.44 bits per heavy atom. The van der Waals surface area contributed by atoms with E-state index in [2.05, 4.69) is 32.8 Å². The highest BCUT2D eigenvalue weighted by molar-refractivity contribution is 5.99. The highest BCUT2D eigenvalue weighted by Crippen LogP contribution is 2.39. The van der Waals surface area contributed by atoms with Crippen molar-refractivity contribution in [3.8, 4) is 0 Å². The summed E-state index contributed by atoms with van der Waals surface area (Å²) in [6.45, 7) is 9.04. The Hall–Kier alpha value is -4.84. The number of fused-ring (bicyclic) bond motifs is 2. The van der Waals surface area contributed by atoms with Crippen molar-refractivity contribution in [1.82, 2.24) is 25.8 Å². The van der Waals surface area contributed by atoms with Crippen LogP contribution in [0.15, 0.2) is 66.7 Å². The lowest BCUT2D eigenvalue weighted by molar-refractivity contribution is -0.154. The van der Waals surface area contributed by atoms with Crippen LogP contribution in [-0.2, 0) is 30.3 Å². The van der Waals surface area contributed by atoms with Crippen LogP contribution in [0.25, 0.3) is 10.9 Å². The standard InChI is InChI=1S/C52H76N6O6/c1-5-6-7-8-9-10-11-12-13-14-18-29-48(60)64-46(36-58-35-40-27-20-19-26-39(40)33-45(58)51(63)57-52(2,3)4)43(32-37-23-16-15-17-24-37)55-50(62)44(34-47(53)59)56-49(61)42-31-30-38-25-21-22-28-41(38)54-42/h15-17,21-25,28,30-31,39-40,43-46H,5-14,18-20,26-27,29,32-36H2,1-4H3,(H2,53,59)(H,55,62)(H,56,61)(H,57,63)/t39-,40+,43-,44-,45-,46+/m0/s1. The van der Waals surface area contributed by atoms with Gasteiger partial charge >= 0.3 is 5.97 Å². The van der Waals surface area contributed by atoms with E-state index in [1.807, 2.05) is 69.3 Å². The number of benzene rings is 2. The minimum absolute atomic E-state index is 0.0576. The maximum Gasteiger partial charge on any atom is 0.306 e. The van der Waals surface area contributed by atoms with Crippen LogP contribution in [0.1, 0.15) is 159 Å². The normalized spacial score (nSPS) is 19.2. The number of carbonyl (C=O) groups is 5. The molecule has 2 fully saturated rings. The van der Waals surface area contributed by atoms with Crippen LogP contribution in [0.2, 0.25) is 0 Å². The molecule has 12 heteroatoms.